The van der Waals surface area contributed by atoms with Gasteiger partial charge in [0, 0.05) is 30.7 Å². The maximum atomic E-state index is 5.69. The van der Waals surface area contributed by atoms with Crippen LogP contribution in [0.15, 0.2) is 42.6 Å². The van der Waals surface area contributed by atoms with E-state index in [9.17, 15) is 0 Å². The highest BCUT2D eigenvalue weighted by atomic mass is 32.1. The maximum absolute atomic E-state index is 5.69. The number of anilines is 3. The van der Waals surface area contributed by atoms with Crippen LogP contribution in [-0.4, -0.2) is 23.1 Å². The van der Waals surface area contributed by atoms with Crippen molar-refractivity contribution in [1.29, 1.82) is 0 Å². The monoisotopic (exact) mass is 300 g/mol. The van der Waals surface area contributed by atoms with Gasteiger partial charge < -0.3 is 16.0 Å². The van der Waals surface area contributed by atoms with Gasteiger partial charge >= 0.3 is 0 Å². The summed E-state index contributed by atoms with van der Waals surface area (Å²) in [6.07, 6.45) is 1.68. The minimum Gasteiger partial charge on any atom is -0.388 e. The van der Waals surface area contributed by atoms with Crippen molar-refractivity contribution in [1.82, 2.24) is 4.98 Å². The molecule has 0 saturated heterocycles. The Morgan fingerprint density at radius 2 is 1.86 bits per heavy atom. The maximum Gasteiger partial charge on any atom is 0.124 e. The number of thiocarbonyl (C=S) groups is 1. The number of hydrogen-bond donors (Lipinski definition) is 2. The summed E-state index contributed by atoms with van der Waals surface area (Å²) in [6.45, 7) is 6.30. The summed E-state index contributed by atoms with van der Waals surface area (Å²) in [5, 5.41) is 3.31. The molecule has 2 rings (SSSR count). The van der Waals surface area contributed by atoms with E-state index >= 15 is 0 Å². The number of hydrogen-bond acceptors (Lipinski definition) is 4. The lowest BCUT2D eigenvalue weighted by molar-refractivity contribution is 0.866. The van der Waals surface area contributed by atoms with E-state index in [0.717, 1.165) is 24.5 Å². The van der Waals surface area contributed by atoms with Crippen LogP contribution in [0.4, 0.5) is 17.1 Å². The number of benzene rings is 1. The number of nitrogens with two attached hydrogens (primary N) is 1. The van der Waals surface area contributed by atoms with Gasteiger partial charge in [-0.05, 0) is 50.2 Å². The minimum atomic E-state index is 0.290. The Morgan fingerprint density at radius 1 is 1.19 bits per heavy atom. The predicted octanol–water partition coefficient (Wildman–Crippen LogP) is 3.31. The largest absolute Gasteiger partial charge is 0.388 e. The van der Waals surface area contributed by atoms with Gasteiger partial charge in [0.25, 0.3) is 0 Å². The first-order valence-corrected chi connectivity index (χ1v) is 7.43. The van der Waals surface area contributed by atoms with Gasteiger partial charge in [0.1, 0.15) is 10.7 Å². The van der Waals surface area contributed by atoms with Gasteiger partial charge in [-0.2, -0.15) is 0 Å². The summed E-state index contributed by atoms with van der Waals surface area (Å²) in [6, 6.07) is 12.1. The molecule has 0 aliphatic heterocycles. The lowest BCUT2D eigenvalue weighted by Crippen LogP contribution is -2.21. The molecule has 0 bridgehead atoms. The zero-order chi connectivity index (χ0) is 15.2. The summed E-state index contributed by atoms with van der Waals surface area (Å²) < 4.78 is 0. The predicted molar refractivity (Wildman–Crippen MR) is 93.4 cm³/mol. The molecule has 0 unspecified atom stereocenters. The van der Waals surface area contributed by atoms with Crippen molar-refractivity contribution in [2.75, 3.05) is 23.3 Å². The molecule has 1 aromatic carbocycles. The summed E-state index contributed by atoms with van der Waals surface area (Å²) >= 11 is 5.02. The highest BCUT2D eigenvalue weighted by Gasteiger charge is 2.07. The molecule has 2 aromatic rings. The Kier molecular flexibility index (Phi) is 5.11. The van der Waals surface area contributed by atoms with Crippen LogP contribution in [0.2, 0.25) is 0 Å². The van der Waals surface area contributed by atoms with Gasteiger partial charge in [-0.1, -0.05) is 12.2 Å². The molecule has 0 atom stereocenters. The first-order chi connectivity index (χ1) is 10.2. The first-order valence-electron chi connectivity index (χ1n) is 7.02. The molecule has 0 aliphatic rings. The highest BCUT2D eigenvalue weighted by molar-refractivity contribution is 7.80. The third-order valence-corrected chi connectivity index (χ3v) is 3.51. The molecule has 21 heavy (non-hydrogen) atoms. The zero-order valence-corrected chi connectivity index (χ0v) is 13.2. The number of pyridine rings is 1. The van der Waals surface area contributed by atoms with Crippen molar-refractivity contribution in [2.24, 2.45) is 5.73 Å². The topological polar surface area (TPSA) is 54.2 Å². The van der Waals surface area contributed by atoms with Crippen molar-refractivity contribution in [3.63, 3.8) is 0 Å². The third-order valence-electron chi connectivity index (χ3n) is 3.32. The molecule has 1 heterocycles. The van der Waals surface area contributed by atoms with Crippen molar-refractivity contribution in [2.45, 2.75) is 13.8 Å². The molecule has 0 aliphatic carbocycles. The van der Waals surface area contributed by atoms with Crippen molar-refractivity contribution < 1.29 is 0 Å². The molecule has 1 aromatic heterocycles. The van der Waals surface area contributed by atoms with Crippen LogP contribution in [0.25, 0.3) is 0 Å². The van der Waals surface area contributed by atoms with E-state index in [0.29, 0.717) is 5.69 Å². The summed E-state index contributed by atoms with van der Waals surface area (Å²) in [5.74, 6) is 0. The standard InChI is InChI=1S/C16H20N4S/c1-3-20(4-2)13-9-7-12(8-10-13)19-14-6-5-11-18-15(14)16(17)21/h5-11,19H,3-4H2,1-2H3,(H2,17,21). The molecule has 0 fully saturated rings. The molecular weight excluding hydrogens is 280 g/mol. The molecule has 110 valence electrons. The van der Waals surface area contributed by atoms with Crippen molar-refractivity contribution in [3.8, 4) is 0 Å². The fraction of sp³-hybridized carbons (Fsp3) is 0.250. The average Bonchev–Trinajstić information content (AvgIpc) is 2.50. The smallest absolute Gasteiger partial charge is 0.124 e. The lowest BCUT2D eigenvalue weighted by atomic mass is 10.2. The van der Waals surface area contributed by atoms with Crippen LogP contribution in [0.1, 0.15) is 19.5 Å². The van der Waals surface area contributed by atoms with Crippen LogP contribution in [0.5, 0.6) is 0 Å². The van der Waals surface area contributed by atoms with Gasteiger partial charge in [0.05, 0.1) is 5.69 Å². The molecular formula is C16H20N4S. The van der Waals surface area contributed by atoms with Crippen molar-refractivity contribution in [3.05, 3.63) is 48.3 Å². The van der Waals surface area contributed by atoms with E-state index in [-0.39, 0.29) is 4.99 Å². The van der Waals surface area contributed by atoms with Crippen molar-refractivity contribution >= 4 is 34.3 Å². The van der Waals surface area contributed by atoms with Gasteiger partial charge in [0.2, 0.25) is 0 Å². The van der Waals surface area contributed by atoms with E-state index in [1.165, 1.54) is 5.69 Å². The number of aromatic nitrogens is 1. The molecule has 3 N–H and O–H groups in total. The second kappa shape index (κ2) is 7.04. The van der Waals surface area contributed by atoms with E-state index in [1.54, 1.807) is 6.20 Å². The molecule has 5 heteroatoms. The quantitative estimate of drug-likeness (QED) is 0.802. The molecule has 4 nitrogen and oxygen atoms in total. The molecule has 0 saturated carbocycles. The van der Waals surface area contributed by atoms with E-state index < -0.39 is 0 Å². The lowest BCUT2D eigenvalue weighted by Gasteiger charge is -2.21. The molecule has 0 spiro atoms. The summed E-state index contributed by atoms with van der Waals surface area (Å²) in [5.41, 5.74) is 9.32. The number of nitrogens with one attached hydrogen (secondary N) is 1. The Bertz CT molecular complexity index is 606. The number of nitrogens with zero attached hydrogens (tertiary/aromatic N) is 2. The van der Waals surface area contributed by atoms with Gasteiger partial charge in [0.15, 0.2) is 0 Å². The fourth-order valence-electron chi connectivity index (χ4n) is 2.20. The Balaban J connectivity index is 2.19. The van der Waals surface area contributed by atoms with E-state index in [4.69, 9.17) is 18.0 Å². The second-order valence-electron chi connectivity index (χ2n) is 4.61. The summed E-state index contributed by atoms with van der Waals surface area (Å²) in [4.78, 5) is 6.80. The zero-order valence-electron chi connectivity index (χ0n) is 12.3. The van der Waals surface area contributed by atoms with Crippen LogP contribution in [-0.2, 0) is 0 Å². The minimum absolute atomic E-state index is 0.290. The van der Waals surface area contributed by atoms with Crippen LogP contribution < -0.4 is 16.0 Å². The average molecular weight is 300 g/mol. The van der Waals surface area contributed by atoms with E-state index in [1.807, 2.05) is 24.3 Å². The first kappa shape index (κ1) is 15.3. The fourth-order valence-corrected chi connectivity index (χ4v) is 2.37. The molecule has 0 radical (unpaired) electrons. The Labute approximate surface area is 131 Å². The summed E-state index contributed by atoms with van der Waals surface area (Å²) in [7, 11) is 0. The second-order valence-corrected chi connectivity index (χ2v) is 5.05. The molecule has 0 amide bonds. The highest BCUT2D eigenvalue weighted by Crippen LogP contribution is 2.22. The van der Waals surface area contributed by atoms with Gasteiger partial charge in [-0.15, -0.1) is 0 Å². The normalized spacial score (nSPS) is 10.2. The van der Waals surface area contributed by atoms with Crippen LogP contribution in [0.3, 0.4) is 0 Å². The van der Waals surface area contributed by atoms with Gasteiger partial charge in [-0.25, -0.2) is 0 Å². The third kappa shape index (κ3) is 3.70. The Hall–Kier alpha value is -2.14. The van der Waals surface area contributed by atoms with E-state index in [2.05, 4.69) is 41.2 Å². The Morgan fingerprint density at radius 3 is 2.43 bits per heavy atom. The SMILES string of the molecule is CCN(CC)c1ccc(Nc2cccnc2C(N)=S)cc1. The van der Waals surface area contributed by atoms with Crippen LogP contribution in [0, 0.1) is 0 Å². The van der Waals surface area contributed by atoms with Gasteiger partial charge in [-0.3, -0.25) is 4.98 Å². The number of rotatable bonds is 6. The van der Waals surface area contributed by atoms with Crippen LogP contribution >= 0.6 is 12.2 Å².